The van der Waals surface area contributed by atoms with Gasteiger partial charge in [0.25, 0.3) is 9.05 Å². The Kier molecular flexibility index (Phi) is 4.51. The van der Waals surface area contributed by atoms with Crippen LogP contribution in [0.3, 0.4) is 0 Å². The first-order valence-electron chi connectivity index (χ1n) is 6.13. The fourth-order valence-corrected chi connectivity index (χ4v) is 3.82. The second-order valence-electron chi connectivity index (χ2n) is 4.71. The first-order chi connectivity index (χ1) is 9.75. The smallest absolute Gasteiger partial charge is 0.266 e. The molecule has 0 aliphatic heterocycles. The lowest BCUT2D eigenvalue weighted by molar-refractivity contribution is 0.414. The standard InChI is InChI=1S/C13H14Cl2N2O3S/c1-8(2)11-12(21(15,18)19)13(14)17(16-11)9-4-6-10(20-3)7-5-9/h4-8H,1-3H3. The van der Waals surface area contributed by atoms with Crippen molar-refractivity contribution in [2.75, 3.05) is 7.11 Å². The maximum absolute atomic E-state index is 11.7. The monoisotopic (exact) mass is 348 g/mol. The second-order valence-corrected chi connectivity index (χ2v) is 7.57. The van der Waals surface area contributed by atoms with Crippen molar-refractivity contribution in [3.63, 3.8) is 0 Å². The Balaban J connectivity index is 2.65. The van der Waals surface area contributed by atoms with Gasteiger partial charge >= 0.3 is 0 Å². The summed E-state index contributed by atoms with van der Waals surface area (Å²) >= 11 is 6.17. The molecule has 2 rings (SSSR count). The molecule has 0 fully saturated rings. The number of nitrogens with zero attached hydrogens (tertiary/aromatic N) is 2. The number of aromatic nitrogens is 2. The molecule has 0 atom stereocenters. The molecular formula is C13H14Cl2N2O3S. The fourth-order valence-electron chi connectivity index (χ4n) is 1.90. The predicted octanol–water partition coefficient (Wildman–Crippen LogP) is 3.59. The minimum Gasteiger partial charge on any atom is -0.497 e. The summed E-state index contributed by atoms with van der Waals surface area (Å²) in [6.07, 6.45) is 0. The Morgan fingerprint density at radius 1 is 1.24 bits per heavy atom. The van der Waals surface area contributed by atoms with Crippen LogP contribution in [-0.4, -0.2) is 25.3 Å². The average molecular weight is 349 g/mol. The summed E-state index contributed by atoms with van der Waals surface area (Å²) in [4.78, 5) is -0.142. The molecule has 0 radical (unpaired) electrons. The van der Waals surface area contributed by atoms with E-state index in [0.29, 0.717) is 17.1 Å². The third-order valence-electron chi connectivity index (χ3n) is 2.92. The van der Waals surface area contributed by atoms with Gasteiger partial charge in [0.15, 0.2) is 5.15 Å². The van der Waals surface area contributed by atoms with Crippen molar-refractivity contribution in [2.24, 2.45) is 0 Å². The SMILES string of the molecule is COc1ccc(-n2nc(C(C)C)c(S(=O)(=O)Cl)c2Cl)cc1. The van der Waals surface area contributed by atoms with E-state index in [-0.39, 0.29) is 16.0 Å². The number of hydrogen-bond acceptors (Lipinski definition) is 4. The van der Waals surface area contributed by atoms with E-state index in [0.717, 1.165) is 0 Å². The van der Waals surface area contributed by atoms with Crippen molar-refractivity contribution in [3.8, 4) is 11.4 Å². The average Bonchev–Trinajstić information content (AvgIpc) is 2.76. The molecule has 1 heterocycles. The van der Waals surface area contributed by atoms with Crippen LogP contribution < -0.4 is 4.74 Å². The van der Waals surface area contributed by atoms with Crippen molar-refractivity contribution in [2.45, 2.75) is 24.7 Å². The maximum Gasteiger partial charge on any atom is 0.266 e. The molecule has 0 aliphatic carbocycles. The van der Waals surface area contributed by atoms with Crippen molar-refractivity contribution in [1.29, 1.82) is 0 Å². The molecule has 0 unspecified atom stereocenters. The molecule has 0 bridgehead atoms. The van der Waals surface area contributed by atoms with E-state index in [1.54, 1.807) is 31.4 Å². The molecule has 0 spiro atoms. The fraction of sp³-hybridized carbons (Fsp3) is 0.308. The Labute approximate surface area is 132 Å². The quantitative estimate of drug-likeness (QED) is 0.792. The van der Waals surface area contributed by atoms with Gasteiger partial charge < -0.3 is 4.74 Å². The van der Waals surface area contributed by atoms with E-state index in [4.69, 9.17) is 27.0 Å². The molecule has 1 aromatic carbocycles. The van der Waals surface area contributed by atoms with Gasteiger partial charge in [0.2, 0.25) is 0 Å². The number of rotatable bonds is 4. The molecular weight excluding hydrogens is 335 g/mol. The first-order valence-corrected chi connectivity index (χ1v) is 8.82. The summed E-state index contributed by atoms with van der Waals surface area (Å²) < 4.78 is 29.9. The zero-order chi connectivity index (χ0) is 15.8. The molecule has 0 aliphatic rings. The Morgan fingerprint density at radius 3 is 2.19 bits per heavy atom. The number of ether oxygens (including phenoxy) is 1. The van der Waals surface area contributed by atoms with Crippen LogP contribution in [-0.2, 0) is 9.05 Å². The Bertz CT molecular complexity index is 752. The highest BCUT2D eigenvalue weighted by Gasteiger charge is 2.28. The lowest BCUT2D eigenvalue weighted by Crippen LogP contribution is -1.98. The van der Waals surface area contributed by atoms with Crippen molar-refractivity contribution < 1.29 is 13.2 Å². The molecule has 0 saturated carbocycles. The minimum absolute atomic E-state index is 0.0288. The van der Waals surface area contributed by atoms with Crippen LogP contribution in [0.4, 0.5) is 0 Å². The normalized spacial score (nSPS) is 11.9. The zero-order valence-corrected chi connectivity index (χ0v) is 14.0. The van der Waals surface area contributed by atoms with Crippen LogP contribution in [0.25, 0.3) is 5.69 Å². The van der Waals surface area contributed by atoms with Crippen molar-refractivity contribution >= 4 is 31.3 Å². The highest BCUT2D eigenvalue weighted by atomic mass is 35.7. The molecule has 21 heavy (non-hydrogen) atoms. The number of hydrogen-bond donors (Lipinski definition) is 0. The zero-order valence-electron chi connectivity index (χ0n) is 11.7. The first kappa shape index (κ1) is 16.1. The molecule has 0 amide bonds. The van der Waals surface area contributed by atoms with E-state index in [1.807, 2.05) is 13.8 Å². The minimum atomic E-state index is -3.98. The summed E-state index contributed by atoms with van der Waals surface area (Å²) in [6, 6.07) is 6.92. The van der Waals surface area contributed by atoms with Crippen LogP contribution in [0.1, 0.15) is 25.5 Å². The van der Waals surface area contributed by atoms with Gasteiger partial charge in [-0.2, -0.15) is 5.10 Å². The van der Waals surface area contributed by atoms with Crippen LogP contribution in [0, 0.1) is 0 Å². The highest BCUT2D eigenvalue weighted by molar-refractivity contribution is 8.13. The van der Waals surface area contributed by atoms with Gasteiger partial charge in [-0.3, -0.25) is 0 Å². The Hall–Kier alpha value is -1.24. The van der Waals surface area contributed by atoms with Crippen molar-refractivity contribution in [3.05, 3.63) is 35.1 Å². The summed E-state index contributed by atoms with van der Waals surface area (Å²) in [5.74, 6) is 0.543. The van der Waals surface area contributed by atoms with Gasteiger partial charge in [-0.15, -0.1) is 0 Å². The maximum atomic E-state index is 11.7. The number of benzene rings is 1. The molecule has 1 aromatic heterocycles. The van der Waals surface area contributed by atoms with Crippen LogP contribution in [0.2, 0.25) is 5.15 Å². The topological polar surface area (TPSA) is 61.2 Å². The van der Waals surface area contributed by atoms with Crippen LogP contribution in [0.5, 0.6) is 5.75 Å². The third-order valence-corrected chi connectivity index (χ3v) is 4.74. The number of halogens is 2. The third kappa shape index (κ3) is 3.17. The van der Waals surface area contributed by atoms with Gasteiger partial charge in [-0.05, 0) is 30.2 Å². The van der Waals surface area contributed by atoms with Gasteiger partial charge in [-0.25, -0.2) is 13.1 Å². The number of methoxy groups -OCH3 is 1. The van der Waals surface area contributed by atoms with Gasteiger partial charge in [0, 0.05) is 10.7 Å². The van der Waals surface area contributed by atoms with Gasteiger partial charge in [0.1, 0.15) is 10.6 Å². The predicted molar refractivity (Wildman–Crippen MR) is 82.3 cm³/mol. The lowest BCUT2D eigenvalue weighted by atomic mass is 10.1. The van der Waals surface area contributed by atoms with Gasteiger partial charge in [0.05, 0.1) is 18.5 Å². The summed E-state index contributed by atoms with van der Waals surface area (Å²) in [6.45, 7) is 3.64. The lowest BCUT2D eigenvalue weighted by Gasteiger charge is -2.04. The molecule has 0 saturated heterocycles. The highest BCUT2D eigenvalue weighted by Crippen LogP contribution is 2.34. The summed E-state index contributed by atoms with van der Waals surface area (Å²) in [5.41, 5.74) is 0.958. The Morgan fingerprint density at radius 2 is 1.81 bits per heavy atom. The van der Waals surface area contributed by atoms with Gasteiger partial charge in [-0.1, -0.05) is 25.4 Å². The second kappa shape index (κ2) is 5.87. The molecule has 0 N–H and O–H groups in total. The molecule has 5 nitrogen and oxygen atoms in total. The van der Waals surface area contributed by atoms with Crippen LogP contribution >= 0.6 is 22.3 Å². The van der Waals surface area contributed by atoms with E-state index in [2.05, 4.69) is 5.10 Å². The summed E-state index contributed by atoms with van der Waals surface area (Å²) in [7, 11) is 3.06. The molecule has 114 valence electrons. The van der Waals surface area contributed by atoms with Crippen molar-refractivity contribution in [1.82, 2.24) is 9.78 Å². The van der Waals surface area contributed by atoms with Crippen LogP contribution in [0.15, 0.2) is 29.2 Å². The van der Waals surface area contributed by atoms with E-state index < -0.39 is 9.05 Å². The van der Waals surface area contributed by atoms with E-state index in [9.17, 15) is 8.42 Å². The van der Waals surface area contributed by atoms with E-state index in [1.165, 1.54) is 4.68 Å². The molecule has 8 heteroatoms. The van der Waals surface area contributed by atoms with E-state index >= 15 is 0 Å². The largest absolute Gasteiger partial charge is 0.497 e. The molecule has 2 aromatic rings. The summed E-state index contributed by atoms with van der Waals surface area (Å²) in [5, 5.41) is 4.25.